The van der Waals surface area contributed by atoms with Gasteiger partial charge < -0.3 is 5.11 Å². The van der Waals surface area contributed by atoms with E-state index in [9.17, 15) is 13.5 Å². The van der Waals surface area contributed by atoms with E-state index in [0.717, 1.165) is 31.6 Å². The van der Waals surface area contributed by atoms with Crippen LogP contribution in [0.3, 0.4) is 0 Å². The average Bonchev–Trinajstić information content (AvgIpc) is 2.33. The molecule has 118 valence electrons. The SMILES string of the molecule is CC1(C)CCC(O)C(CN2CCSCC2S(C)(=O)=O)C1. The molecule has 0 amide bonds. The molecule has 1 aliphatic heterocycles. The van der Waals surface area contributed by atoms with Crippen LogP contribution in [0.1, 0.15) is 33.1 Å². The topological polar surface area (TPSA) is 57.6 Å². The quantitative estimate of drug-likeness (QED) is 0.855. The van der Waals surface area contributed by atoms with Crippen molar-refractivity contribution in [3.05, 3.63) is 0 Å². The fraction of sp³-hybridized carbons (Fsp3) is 1.00. The molecule has 0 spiro atoms. The molecule has 0 aromatic heterocycles. The molecule has 4 nitrogen and oxygen atoms in total. The summed E-state index contributed by atoms with van der Waals surface area (Å²) < 4.78 is 23.9. The van der Waals surface area contributed by atoms with Gasteiger partial charge in [-0.25, -0.2) is 8.42 Å². The highest BCUT2D eigenvalue weighted by Gasteiger charge is 2.38. The molecule has 0 bridgehead atoms. The van der Waals surface area contributed by atoms with E-state index in [0.29, 0.717) is 12.3 Å². The maximum Gasteiger partial charge on any atom is 0.164 e. The Hall–Kier alpha value is 0.220. The maximum atomic E-state index is 11.9. The summed E-state index contributed by atoms with van der Waals surface area (Å²) >= 11 is 1.71. The number of aliphatic hydroxyl groups excluding tert-OH is 1. The van der Waals surface area contributed by atoms with Crippen molar-refractivity contribution < 1.29 is 13.5 Å². The molecule has 1 aliphatic carbocycles. The van der Waals surface area contributed by atoms with E-state index in [1.54, 1.807) is 11.8 Å². The molecule has 0 aromatic rings. The first-order valence-electron chi connectivity index (χ1n) is 7.38. The normalized spacial score (nSPS) is 35.9. The van der Waals surface area contributed by atoms with Crippen LogP contribution < -0.4 is 0 Å². The summed E-state index contributed by atoms with van der Waals surface area (Å²) in [4.78, 5) is 2.08. The number of thioether (sulfide) groups is 1. The van der Waals surface area contributed by atoms with Crippen LogP contribution in [0.25, 0.3) is 0 Å². The summed E-state index contributed by atoms with van der Waals surface area (Å²) in [5.74, 6) is 1.84. The Morgan fingerprint density at radius 3 is 2.75 bits per heavy atom. The molecule has 0 aromatic carbocycles. The van der Waals surface area contributed by atoms with E-state index in [2.05, 4.69) is 18.7 Å². The lowest BCUT2D eigenvalue weighted by Crippen LogP contribution is -2.51. The van der Waals surface area contributed by atoms with Crippen LogP contribution in [0.5, 0.6) is 0 Å². The van der Waals surface area contributed by atoms with Crippen LogP contribution in [-0.4, -0.2) is 60.8 Å². The molecule has 1 heterocycles. The first-order valence-corrected chi connectivity index (χ1v) is 10.5. The fourth-order valence-electron chi connectivity index (χ4n) is 3.43. The van der Waals surface area contributed by atoms with Crippen molar-refractivity contribution in [1.82, 2.24) is 4.90 Å². The van der Waals surface area contributed by atoms with Crippen molar-refractivity contribution >= 4 is 21.6 Å². The Kier molecular flexibility index (Phi) is 5.10. The zero-order valence-corrected chi connectivity index (χ0v) is 14.3. The number of hydrogen-bond acceptors (Lipinski definition) is 5. The second kappa shape index (κ2) is 6.15. The van der Waals surface area contributed by atoms with Crippen molar-refractivity contribution in [1.29, 1.82) is 0 Å². The standard InChI is InChI=1S/C14H27NO3S2/c1-14(2)5-4-12(16)11(8-14)9-15-6-7-19-10-13(15)20(3,17)18/h11-13,16H,4-10H2,1-3H3. The number of nitrogens with zero attached hydrogens (tertiary/aromatic N) is 1. The monoisotopic (exact) mass is 321 g/mol. The lowest BCUT2D eigenvalue weighted by Gasteiger charge is -2.43. The van der Waals surface area contributed by atoms with Gasteiger partial charge in [-0.2, -0.15) is 11.8 Å². The van der Waals surface area contributed by atoms with Crippen molar-refractivity contribution in [3.8, 4) is 0 Å². The zero-order chi connectivity index (χ0) is 15.0. The molecule has 2 rings (SSSR count). The second-order valence-electron chi connectivity index (χ2n) is 7.09. The third-order valence-corrected chi connectivity index (χ3v) is 7.32. The first kappa shape index (κ1) is 16.6. The predicted octanol–water partition coefficient (Wildman–Crippen LogP) is 1.59. The van der Waals surface area contributed by atoms with Crippen molar-refractivity contribution in [2.45, 2.75) is 44.6 Å². The minimum absolute atomic E-state index is 0.200. The minimum Gasteiger partial charge on any atom is -0.393 e. The summed E-state index contributed by atoms with van der Waals surface area (Å²) in [5.41, 5.74) is 0.259. The van der Waals surface area contributed by atoms with E-state index in [4.69, 9.17) is 0 Å². The molecule has 1 saturated carbocycles. The van der Waals surface area contributed by atoms with E-state index < -0.39 is 9.84 Å². The maximum absolute atomic E-state index is 11.9. The molecule has 2 aliphatic rings. The summed E-state index contributed by atoms with van der Waals surface area (Å²) in [6, 6.07) is 0. The fourth-order valence-corrected chi connectivity index (χ4v) is 6.38. The molecule has 6 heteroatoms. The van der Waals surface area contributed by atoms with E-state index in [1.165, 1.54) is 6.26 Å². The van der Waals surface area contributed by atoms with Crippen molar-refractivity contribution in [3.63, 3.8) is 0 Å². The third-order valence-electron chi connectivity index (χ3n) is 4.63. The average molecular weight is 322 g/mol. The van der Waals surface area contributed by atoms with Crippen LogP contribution >= 0.6 is 11.8 Å². The Morgan fingerprint density at radius 2 is 2.10 bits per heavy atom. The molecule has 3 unspecified atom stereocenters. The van der Waals surface area contributed by atoms with E-state index in [1.807, 2.05) is 0 Å². The second-order valence-corrected chi connectivity index (χ2v) is 10.4. The van der Waals surface area contributed by atoms with Gasteiger partial charge in [-0.3, -0.25) is 4.90 Å². The van der Waals surface area contributed by atoms with E-state index >= 15 is 0 Å². The van der Waals surface area contributed by atoms with Gasteiger partial charge in [0, 0.05) is 30.9 Å². The van der Waals surface area contributed by atoms with Gasteiger partial charge in [0.1, 0.15) is 5.37 Å². The Balaban J connectivity index is 2.06. The summed E-state index contributed by atoms with van der Waals surface area (Å²) in [6.45, 7) is 6.01. The van der Waals surface area contributed by atoms with Gasteiger partial charge >= 0.3 is 0 Å². The van der Waals surface area contributed by atoms with Crippen molar-refractivity contribution in [2.24, 2.45) is 11.3 Å². The smallest absolute Gasteiger partial charge is 0.164 e. The highest BCUT2D eigenvalue weighted by atomic mass is 32.2. The lowest BCUT2D eigenvalue weighted by atomic mass is 9.70. The molecule has 3 atom stereocenters. The van der Waals surface area contributed by atoms with Gasteiger partial charge in [0.05, 0.1) is 6.10 Å². The van der Waals surface area contributed by atoms with Crippen LogP contribution in [0.2, 0.25) is 0 Å². The molecular formula is C14H27NO3S2. The Bertz CT molecular complexity index is 436. The lowest BCUT2D eigenvalue weighted by molar-refractivity contribution is 0.00359. The third kappa shape index (κ3) is 4.12. The summed E-state index contributed by atoms with van der Waals surface area (Å²) in [6.07, 6.45) is 3.92. The van der Waals surface area contributed by atoms with Gasteiger partial charge in [-0.15, -0.1) is 0 Å². The number of rotatable bonds is 3. The van der Waals surface area contributed by atoms with Crippen LogP contribution in [0, 0.1) is 11.3 Å². The Morgan fingerprint density at radius 1 is 1.40 bits per heavy atom. The van der Waals surface area contributed by atoms with Crippen molar-refractivity contribution in [2.75, 3.05) is 30.9 Å². The van der Waals surface area contributed by atoms with Crippen LogP contribution in [0.15, 0.2) is 0 Å². The molecule has 20 heavy (non-hydrogen) atoms. The molecule has 1 N–H and O–H groups in total. The Labute approximate surface area is 127 Å². The molecule has 1 saturated heterocycles. The molecular weight excluding hydrogens is 294 g/mol. The van der Waals surface area contributed by atoms with Gasteiger partial charge in [-0.1, -0.05) is 13.8 Å². The van der Waals surface area contributed by atoms with E-state index in [-0.39, 0.29) is 22.8 Å². The van der Waals surface area contributed by atoms with Crippen LogP contribution in [0.4, 0.5) is 0 Å². The zero-order valence-electron chi connectivity index (χ0n) is 12.7. The number of hydrogen-bond donors (Lipinski definition) is 1. The number of aliphatic hydroxyl groups is 1. The minimum atomic E-state index is -3.05. The highest BCUT2D eigenvalue weighted by Crippen LogP contribution is 2.39. The van der Waals surface area contributed by atoms with Crippen LogP contribution in [-0.2, 0) is 9.84 Å². The largest absolute Gasteiger partial charge is 0.393 e. The highest BCUT2D eigenvalue weighted by molar-refractivity contribution is 8.00. The summed E-state index contributed by atoms with van der Waals surface area (Å²) in [5, 5.41) is 9.86. The van der Waals surface area contributed by atoms with Gasteiger partial charge in [0.15, 0.2) is 9.84 Å². The van der Waals surface area contributed by atoms with Gasteiger partial charge in [0.25, 0.3) is 0 Å². The summed E-state index contributed by atoms with van der Waals surface area (Å²) in [7, 11) is -3.05. The van der Waals surface area contributed by atoms with Gasteiger partial charge in [0.2, 0.25) is 0 Å². The predicted molar refractivity (Wildman–Crippen MR) is 84.7 cm³/mol. The first-order chi connectivity index (χ1) is 9.19. The molecule has 2 fully saturated rings. The number of sulfone groups is 1. The molecule has 0 radical (unpaired) electrons. The van der Waals surface area contributed by atoms with Gasteiger partial charge in [-0.05, 0) is 30.6 Å².